The molecular formula is C15H23NO4S. The molecule has 0 aliphatic carbocycles. The number of piperidine rings is 1. The van der Waals surface area contributed by atoms with Crippen LogP contribution in [0.1, 0.15) is 44.4 Å². The Balaban J connectivity index is 2.00. The average Bonchev–Trinajstić information content (AvgIpc) is 2.90. The number of hydrogen-bond acceptors (Lipinski definition) is 4. The van der Waals surface area contributed by atoms with Gasteiger partial charge in [-0.2, -0.15) is 0 Å². The molecule has 0 aromatic carbocycles. The molecule has 118 valence electrons. The summed E-state index contributed by atoms with van der Waals surface area (Å²) in [5.74, 6) is 1.46. The van der Waals surface area contributed by atoms with Crippen LogP contribution in [0.15, 0.2) is 22.8 Å². The molecule has 0 N–H and O–H groups in total. The minimum absolute atomic E-state index is 0.0190. The van der Waals surface area contributed by atoms with Crippen molar-refractivity contribution < 1.29 is 17.6 Å². The number of hydrogen-bond donors (Lipinski definition) is 0. The molecule has 0 bridgehead atoms. The molecule has 2 rings (SSSR count). The number of rotatable bonds is 5. The number of sulfone groups is 1. The number of carbonyl (C=O) groups excluding carboxylic acids is 1. The van der Waals surface area contributed by atoms with Crippen molar-refractivity contribution in [3.8, 4) is 0 Å². The Bertz CT molecular complexity index is 565. The van der Waals surface area contributed by atoms with Crippen LogP contribution in [0.4, 0.5) is 0 Å². The number of furan rings is 1. The van der Waals surface area contributed by atoms with Crippen molar-refractivity contribution in [2.75, 3.05) is 18.6 Å². The van der Waals surface area contributed by atoms with Crippen LogP contribution in [0.2, 0.25) is 0 Å². The summed E-state index contributed by atoms with van der Waals surface area (Å²) in [5, 5.41) is 0. The zero-order valence-corrected chi connectivity index (χ0v) is 13.4. The highest BCUT2D eigenvalue weighted by molar-refractivity contribution is 7.90. The zero-order valence-electron chi connectivity index (χ0n) is 12.6. The Morgan fingerprint density at radius 3 is 2.86 bits per heavy atom. The third-order valence-electron chi connectivity index (χ3n) is 3.96. The Labute approximate surface area is 126 Å². The van der Waals surface area contributed by atoms with Crippen LogP contribution >= 0.6 is 0 Å². The normalized spacial score (nSPS) is 23.2. The molecule has 5 nitrogen and oxygen atoms in total. The molecule has 1 fully saturated rings. The van der Waals surface area contributed by atoms with Crippen LogP contribution < -0.4 is 0 Å². The molecule has 1 aliphatic heterocycles. The van der Waals surface area contributed by atoms with Crippen molar-refractivity contribution in [3.63, 3.8) is 0 Å². The second kappa shape index (κ2) is 6.64. The van der Waals surface area contributed by atoms with E-state index in [1.54, 1.807) is 6.26 Å². The lowest BCUT2D eigenvalue weighted by Gasteiger charge is -2.37. The van der Waals surface area contributed by atoms with Gasteiger partial charge in [-0.1, -0.05) is 6.92 Å². The monoisotopic (exact) mass is 313 g/mol. The third kappa shape index (κ3) is 4.59. The van der Waals surface area contributed by atoms with Crippen molar-refractivity contribution in [1.29, 1.82) is 0 Å². The molecule has 0 unspecified atom stereocenters. The predicted octanol–water partition coefficient (Wildman–Crippen LogP) is 2.40. The predicted molar refractivity (Wildman–Crippen MR) is 80.5 cm³/mol. The van der Waals surface area contributed by atoms with E-state index in [-0.39, 0.29) is 24.1 Å². The van der Waals surface area contributed by atoms with E-state index >= 15 is 0 Å². The fourth-order valence-corrected chi connectivity index (χ4v) is 3.49. The second-order valence-corrected chi connectivity index (χ2v) is 8.24. The summed E-state index contributed by atoms with van der Waals surface area (Å²) in [5.41, 5.74) is 0. The molecular weight excluding hydrogens is 290 g/mol. The van der Waals surface area contributed by atoms with E-state index < -0.39 is 9.84 Å². The van der Waals surface area contributed by atoms with Crippen LogP contribution in [0, 0.1) is 5.92 Å². The van der Waals surface area contributed by atoms with Gasteiger partial charge in [0.15, 0.2) is 0 Å². The first-order chi connectivity index (χ1) is 9.87. The first-order valence-corrected chi connectivity index (χ1v) is 9.43. The number of nitrogens with zero attached hydrogens (tertiary/aromatic N) is 1. The fourth-order valence-electron chi connectivity index (χ4n) is 2.82. The van der Waals surface area contributed by atoms with Gasteiger partial charge in [-0.3, -0.25) is 4.79 Å². The Morgan fingerprint density at radius 2 is 2.24 bits per heavy atom. The number of carbonyl (C=O) groups is 1. The van der Waals surface area contributed by atoms with Crippen LogP contribution in [-0.4, -0.2) is 37.8 Å². The first kappa shape index (κ1) is 16.1. The number of amides is 1. The van der Waals surface area contributed by atoms with E-state index in [0.29, 0.717) is 18.9 Å². The lowest BCUT2D eigenvalue weighted by atomic mass is 9.91. The summed E-state index contributed by atoms with van der Waals surface area (Å²) in [6.45, 7) is 2.89. The van der Waals surface area contributed by atoms with Gasteiger partial charge in [0.05, 0.1) is 18.1 Å². The summed E-state index contributed by atoms with van der Waals surface area (Å²) >= 11 is 0. The van der Waals surface area contributed by atoms with E-state index in [1.807, 2.05) is 17.0 Å². The fraction of sp³-hybridized carbons (Fsp3) is 0.667. The van der Waals surface area contributed by atoms with Crippen LogP contribution in [0.3, 0.4) is 0 Å². The van der Waals surface area contributed by atoms with Gasteiger partial charge < -0.3 is 9.32 Å². The van der Waals surface area contributed by atoms with Gasteiger partial charge >= 0.3 is 0 Å². The quantitative estimate of drug-likeness (QED) is 0.837. The van der Waals surface area contributed by atoms with E-state index in [0.717, 1.165) is 18.6 Å². The highest BCUT2D eigenvalue weighted by Crippen LogP contribution is 2.34. The van der Waals surface area contributed by atoms with Crippen LogP contribution in [0.25, 0.3) is 0 Å². The van der Waals surface area contributed by atoms with E-state index in [1.165, 1.54) is 6.26 Å². The highest BCUT2D eigenvalue weighted by Gasteiger charge is 2.32. The molecule has 21 heavy (non-hydrogen) atoms. The molecule has 1 saturated heterocycles. The van der Waals surface area contributed by atoms with Gasteiger partial charge in [0.2, 0.25) is 5.91 Å². The number of likely N-dealkylation sites (tertiary alicyclic amines) is 1. The van der Waals surface area contributed by atoms with E-state index in [4.69, 9.17) is 4.42 Å². The molecule has 1 aliphatic rings. The van der Waals surface area contributed by atoms with Crippen molar-refractivity contribution in [2.24, 2.45) is 5.92 Å². The largest absolute Gasteiger partial charge is 0.467 e. The minimum atomic E-state index is -3.01. The summed E-state index contributed by atoms with van der Waals surface area (Å²) in [7, 11) is -3.01. The molecule has 1 aromatic rings. The van der Waals surface area contributed by atoms with Crippen molar-refractivity contribution in [2.45, 2.75) is 38.6 Å². The topological polar surface area (TPSA) is 67.6 Å². The van der Waals surface area contributed by atoms with Crippen LogP contribution in [0.5, 0.6) is 0 Å². The van der Waals surface area contributed by atoms with Crippen molar-refractivity contribution >= 4 is 15.7 Å². The molecule has 0 spiro atoms. The zero-order chi connectivity index (χ0) is 15.5. The molecule has 1 amide bonds. The lowest BCUT2D eigenvalue weighted by Crippen LogP contribution is -2.40. The maximum Gasteiger partial charge on any atom is 0.223 e. The third-order valence-corrected chi connectivity index (χ3v) is 4.99. The smallest absolute Gasteiger partial charge is 0.223 e. The van der Waals surface area contributed by atoms with Crippen molar-refractivity contribution in [1.82, 2.24) is 4.90 Å². The first-order valence-electron chi connectivity index (χ1n) is 7.37. The molecule has 2 atom stereocenters. The Morgan fingerprint density at radius 1 is 1.48 bits per heavy atom. The van der Waals surface area contributed by atoms with Gasteiger partial charge in [-0.05, 0) is 37.3 Å². The molecule has 0 saturated carbocycles. The molecule has 1 aromatic heterocycles. The second-order valence-electron chi connectivity index (χ2n) is 5.98. The Hall–Kier alpha value is -1.30. The molecule has 6 heteroatoms. The average molecular weight is 313 g/mol. The van der Waals surface area contributed by atoms with Gasteiger partial charge in [-0.25, -0.2) is 8.42 Å². The lowest BCUT2D eigenvalue weighted by molar-refractivity contribution is -0.136. The van der Waals surface area contributed by atoms with Crippen molar-refractivity contribution in [3.05, 3.63) is 24.2 Å². The minimum Gasteiger partial charge on any atom is -0.467 e. The maximum atomic E-state index is 12.4. The van der Waals surface area contributed by atoms with Gasteiger partial charge in [0, 0.05) is 19.2 Å². The standard InChI is InChI=1S/C15H23NO4S/c1-12-7-8-16(13(11-12)14-5-3-9-20-14)15(17)6-4-10-21(2,18)19/h3,5,9,12-13H,4,6-8,10-11H2,1-2H3/t12-,13-/m0/s1. The maximum absolute atomic E-state index is 12.4. The SMILES string of the molecule is C[C@H]1CCN(C(=O)CCCS(C)(=O)=O)[C@H](c2ccco2)C1. The highest BCUT2D eigenvalue weighted by atomic mass is 32.2. The van der Waals surface area contributed by atoms with Gasteiger partial charge in [-0.15, -0.1) is 0 Å². The summed E-state index contributed by atoms with van der Waals surface area (Å²) in [6, 6.07) is 3.72. The van der Waals surface area contributed by atoms with E-state index in [2.05, 4.69) is 6.92 Å². The summed E-state index contributed by atoms with van der Waals surface area (Å²) in [6.07, 6.45) is 5.36. The molecule has 0 radical (unpaired) electrons. The van der Waals surface area contributed by atoms with Gasteiger partial charge in [0.1, 0.15) is 15.6 Å². The summed E-state index contributed by atoms with van der Waals surface area (Å²) in [4.78, 5) is 14.2. The van der Waals surface area contributed by atoms with Crippen LogP contribution in [-0.2, 0) is 14.6 Å². The Kier molecular flexibility index (Phi) is 5.08. The molecule has 2 heterocycles. The summed E-state index contributed by atoms with van der Waals surface area (Å²) < 4.78 is 27.8. The van der Waals surface area contributed by atoms with E-state index in [9.17, 15) is 13.2 Å². The van der Waals surface area contributed by atoms with Gasteiger partial charge in [0.25, 0.3) is 0 Å².